The van der Waals surface area contributed by atoms with Crippen molar-refractivity contribution in [2.75, 3.05) is 14.1 Å². The highest BCUT2D eigenvalue weighted by molar-refractivity contribution is 6.38. The van der Waals surface area contributed by atoms with Crippen molar-refractivity contribution in [2.24, 2.45) is 0 Å². The molecular formula is C8H16N2O2. The summed E-state index contributed by atoms with van der Waals surface area (Å²) in [4.78, 5) is 22.1. The lowest BCUT2D eigenvalue weighted by Crippen LogP contribution is -2.42. The molecule has 0 radical (unpaired) electrons. The maximum Gasteiger partial charge on any atom is 0.288 e. The average Bonchev–Trinajstić information content (AvgIpc) is 2.11. The average molecular weight is 172 g/mol. The first kappa shape index (κ1) is 11.1. The first-order valence-electron chi connectivity index (χ1n) is 4.10. The Bertz CT molecular complexity index is 168. The molecule has 2 N–H and O–H groups in total. The van der Waals surface area contributed by atoms with Crippen LogP contribution in [0, 0.1) is 0 Å². The van der Waals surface area contributed by atoms with E-state index in [4.69, 9.17) is 0 Å². The van der Waals surface area contributed by atoms with Gasteiger partial charge in [0.2, 0.25) is 5.78 Å². The van der Waals surface area contributed by atoms with Crippen LogP contribution in [0.15, 0.2) is 0 Å². The molecule has 0 bridgehead atoms. The van der Waals surface area contributed by atoms with Crippen LogP contribution in [-0.4, -0.2) is 31.8 Å². The van der Waals surface area contributed by atoms with Crippen molar-refractivity contribution in [3.63, 3.8) is 0 Å². The molecule has 1 amide bonds. The van der Waals surface area contributed by atoms with Crippen molar-refractivity contribution in [1.29, 1.82) is 0 Å². The van der Waals surface area contributed by atoms with Gasteiger partial charge in [0.05, 0.1) is 6.04 Å². The number of carbonyl (C=O) groups excluding carboxylic acids is 2. The van der Waals surface area contributed by atoms with Crippen LogP contribution in [0.3, 0.4) is 0 Å². The summed E-state index contributed by atoms with van der Waals surface area (Å²) in [5.41, 5.74) is 0. The molecule has 1 unspecified atom stereocenters. The zero-order valence-electron chi connectivity index (χ0n) is 7.81. The zero-order valence-corrected chi connectivity index (χ0v) is 7.81. The SMILES string of the molecule is CCCC(NC)C(=O)C(=O)NC. The Balaban J connectivity index is 4.11. The molecule has 0 aromatic heterocycles. The number of ketones is 1. The van der Waals surface area contributed by atoms with Crippen LogP contribution in [0.25, 0.3) is 0 Å². The second kappa shape index (κ2) is 5.71. The molecule has 0 spiro atoms. The minimum absolute atomic E-state index is 0.338. The Hall–Kier alpha value is -0.900. The first-order valence-corrected chi connectivity index (χ1v) is 4.10. The maximum atomic E-state index is 11.2. The minimum Gasteiger partial charge on any atom is -0.353 e. The van der Waals surface area contributed by atoms with Crippen molar-refractivity contribution >= 4 is 11.7 Å². The summed E-state index contributed by atoms with van der Waals surface area (Å²) in [6, 6.07) is -0.338. The predicted octanol–water partition coefficient (Wildman–Crippen LogP) is -0.310. The van der Waals surface area contributed by atoms with E-state index in [1.165, 1.54) is 7.05 Å². The highest BCUT2D eigenvalue weighted by Gasteiger charge is 2.21. The van der Waals surface area contributed by atoms with Crippen LogP contribution in [0.1, 0.15) is 19.8 Å². The second-order valence-electron chi connectivity index (χ2n) is 2.57. The molecular weight excluding hydrogens is 156 g/mol. The molecule has 0 aliphatic heterocycles. The van der Waals surface area contributed by atoms with Crippen LogP contribution in [0.4, 0.5) is 0 Å². The van der Waals surface area contributed by atoms with Crippen LogP contribution < -0.4 is 10.6 Å². The van der Waals surface area contributed by atoms with Crippen LogP contribution in [0.5, 0.6) is 0 Å². The van der Waals surface area contributed by atoms with E-state index in [0.29, 0.717) is 6.42 Å². The Morgan fingerprint density at radius 1 is 1.33 bits per heavy atom. The van der Waals surface area contributed by atoms with E-state index in [-0.39, 0.29) is 11.8 Å². The van der Waals surface area contributed by atoms with E-state index in [9.17, 15) is 9.59 Å². The van der Waals surface area contributed by atoms with Crippen molar-refractivity contribution in [2.45, 2.75) is 25.8 Å². The summed E-state index contributed by atoms with van der Waals surface area (Å²) in [7, 11) is 3.14. The number of nitrogens with one attached hydrogen (secondary N) is 2. The number of carbonyl (C=O) groups is 2. The number of amides is 1. The Morgan fingerprint density at radius 3 is 2.25 bits per heavy atom. The number of Topliss-reactive ketones (excluding diaryl/α,β-unsaturated/α-hetero) is 1. The first-order chi connectivity index (χ1) is 5.67. The van der Waals surface area contributed by atoms with Gasteiger partial charge in [-0.15, -0.1) is 0 Å². The van der Waals surface area contributed by atoms with Crippen LogP contribution in [0.2, 0.25) is 0 Å². The van der Waals surface area contributed by atoms with Crippen molar-refractivity contribution in [3.05, 3.63) is 0 Å². The van der Waals surface area contributed by atoms with E-state index < -0.39 is 5.91 Å². The molecule has 0 aromatic rings. The summed E-state index contributed by atoms with van der Waals surface area (Å²) < 4.78 is 0. The second-order valence-corrected chi connectivity index (χ2v) is 2.57. The normalized spacial score (nSPS) is 12.2. The lowest BCUT2D eigenvalue weighted by Gasteiger charge is -2.11. The maximum absolute atomic E-state index is 11.2. The molecule has 12 heavy (non-hydrogen) atoms. The molecule has 0 fully saturated rings. The molecule has 4 heteroatoms. The van der Waals surface area contributed by atoms with Crippen LogP contribution >= 0.6 is 0 Å². The quantitative estimate of drug-likeness (QED) is 0.559. The molecule has 0 aliphatic carbocycles. The Labute approximate surface area is 72.7 Å². The van der Waals surface area contributed by atoms with E-state index in [1.54, 1.807) is 7.05 Å². The summed E-state index contributed by atoms with van der Waals surface area (Å²) >= 11 is 0. The summed E-state index contributed by atoms with van der Waals surface area (Å²) in [6.07, 6.45) is 1.58. The zero-order chi connectivity index (χ0) is 9.56. The largest absolute Gasteiger partial charge is 0.353 e. The van der Waals surface area contributed by atoms with Gasteiger partial charge in [-0.3, -0.25) is 9.59 Å². The molecule has 0 aliphatic rings. The van der Waals surface area contributed by atoms with E-state index in [1.807, 2.05) is 6.92 Å². The summed E-state index contributed by atoms with van der Waals surface area (Å²) in [5, 5.41) is 5.12. The lowest BCUT2D eigenvalue weighted by atomic mass is 10.1. The summed E-state index contributed by atoms with van der Waals surface area (Å²) in [5.74, 6) is -0.912. The molecule has 0 aromatic carbocycles. The lowest BCUT2D eigenvalue weighted by molar-refractivity contribution is -0.138. The molecule has 0 heterocycles. The monoisotopic (exact) mass is 172 g/mol. The smallest absolute Gasteiger partial charge is 0.288 e. The van der Waals surface area contributed by atoms with Crippen molar-refractivity contribution < 1.29 is 9.59 Å². The van der Waals surface area contributed by atoms with Gasteiger partial charge in [-0.25, -0.2) is 0 Å². The standard InChI is InChI=1S/C8H16N2O2/c1-4-5-6(9-2)7(11)8(12)10-3/h6,9H,4-5H2,1-3H3,(H,10,12). The molecule has 0 saturated heterocycles. The highest BCUT2D eigenvalue weighted by Crippen LogP contribution is 1.97. The fourth-order valence-electron chi connectivity index (χ4n) is 0.977. The van der Waals surface area contributed by atoms with E-state index in [0.717, 1.165) is 6.42 Å². The van der Waals surface area contributed by atoms with Gasteiger partial charge in [0.15, 0.2) is 0 Å². The highest BCUT2D eigenvalue weighted by atomic mass is 16.2. The predicted molar refractivity (Wildman–Crippen MR) is 46.8 cm³/mol. The molecule has 0 rings (SSSR count). The third kappa shape index (κ3) is 3.00. The number of rotatable bonds is 5. The summed E-state index contributed by atoms with van der Waals surface area (Å²) in [6.45, 7) is 1.97. The molecule has 1 atom stereocenters. The number of hydrogen-bond acceptors (Lipinski definition) is 3. The Kier molecular flexibility index (Phi) is 5.28. The number of hydrogen-bond donors (Lipinski definition) is 2. The van der Waals surface area contributed by atoms with E-state index in [2.05, 4.69) is 10.6 Å². The molecule has 4 nitrogen and oxygen atoms in total. The van der Waals surface area contributed by atoms with Gasteiger partial charge in [0.25, 0.3) is 5.91 Å². The van der Waals surface area contributed by atoms with E-state index >= 15 is 0 Å². The van der Waals surface area contributed by atoms with Gasteiger partial charge in [-0.2, -0.15) is 0 Å². The van der Waals surface area contributed by atoms with Crippen molar-refractivity contribution in [1.82, 2.24) is 10.6 Å². The van der Waals surface area contributed by atoms with Gasteiger partial charge in [0.1, 0.15) is 0 Å². The third-order valence-electron chi connectivity index (χ3n) is 1.69. The van der Waals surface area contributed by atoms with Gasteiger partial charge in [-0.1, -0.05) is 13.3 Å². The third-order valence-corrected chi connectivity index (χ3v) is 1.69. The topological polar surface area (TPSA) is 58.2 Å². The van der Waals surface area contributed by atoms with Gasteiger partial charge in [-0.05, 0) is 13.5 Å². The van der Waals surface area contributed by atoms with Crippen molar-refractivity contribution in [3.8, 4) is 0 Å². The van der Waals surface area contributed by atoms with Gasteiger partial charge < -0.3 is 10.6 Å². The minimum atomic E-state index is -0.525. The van der Waals surface area contributed by atoms with Gasteiger partial charge >= 0.3 is 0 Å². The fraction of sp³-hybridized carbons (Fsp3) is 0.750. The fourth-order valence-corrected chi connectivity index (χ4v) is 0.977. The Morgan fingerprint density at radius 2 is 1.92 bits per heavy atom. The van der Waals surface area contributed by atoms with Crippen LogP contribution in [-0.2, 0) is 9.59 Å². The molecule has 70 valence electrons. The molecule has 0 saturated carbocycles. The van der Waals surface area contributed by atoms with Gasteiger partial charge in [0, 0.05) is 7.05 Å². The number of likely N-dealkylation sites (N-methyl/N-ethyl adjacent to an activating group) is 2.